The van der Waals surface area contributed by atoms with Crippen LogP contribution in [0, 0.1) is 0 Å². The zero-order chi connectivity index (χ0) is 18.8. The molecule has 3 aromatic rings. The third-order valence-electron chi connectivity index (χ3n) is 5.00. The summed E-state index contributed by atoms with van der Waals surface area (Å²) < 4.78 is 1.88. The van der Waals surface area contributed by atoms with Gasteiger partial charge in [0.1, 0.15) is 5.01 Å². The van der Waals surface area contributed by atoms with Gasteiger partial charge in [-0.15, -0.1) is 11.3 Å². The Morgan fingerprint density at radius 1 is 1.30 bits per heavy atom. The van der Waals surface area contributed by atoms with Gasteiger partial charge in [-0.2, -0.15) is 5.10 Å². The number of amides is 1. The largest absolute Gasteiger partial charge is 0.343 e. The number of rotatable bonds is 5. The van der Waals surface area contributed by atoms with Gasteiger partial charge in [-0.25, -0.2) is 4.98 Å². The molecule has 1 aromatic carbocycles. The molecule has 27 heavy (non-hydrogen) atoms. The fourth-order valence-corrected chi connectivity index (χ4v) is 4.58. The number of aromatic nitrogens is 3. The Labute approximate surface area is 163 Å². The smallest absolute Gasteiger partial charge is 0.251 e. The zero-order valence-electron chi connectivity index (χ0n) is 15.7. The summed E-state index contributed by atoms with van der Waals surface area (Å²) in [7, 11) is 0. The molecular weight excluding hydrogens is 356 g/mol. The van der Waals surface area contributed by atoms with Crippen molar-refractivity contribution in [2.24, 2.45) is 0 Å². The molecule has 6 heteroatoms. The summed E-state index contributed by atoms with van der Waals surface area (Å²) in [4.78, 5) is 18.9. The standard InChI is InChI=1S/C21H24N4OS/c1-3-25-13-17(12-22-25)15-7-6-8-16(11-15)20(26)23-14(2)21-24-18-9-4-5-10-19(18)27-21/h6-8,11-14H,3-5,9-10H2,1-2H3,(H,23,26)/t14-/m0/s1. The first kappa shape index (κ1) is 17.9. The van der Waals surface area contributed by atoms with Gasteiger partial charge in [-0.3, -0.25) is 9.48 Å². The van der Waals surface area contributed by atoms with E-state index >= 15 is 0 Å². The van der Waals surface area contributed by atoms with Crippen molar-refractivity contribution in [2.75, 3.05) is 0 Å². The summed E-state index contributed by atoms with van der Waals surface area (Å²) in [5.41, 5.74) is 3.91. The second-order valence-electron chi connectivity index (χ2n) is 6.99. The molecule has 0 bridgehead atoms. The van der Waals surface area contributed by atoms with Crippen molar-refractivity contribution in [3.63, 3.8) is 0 Å². The molecule has 5 nitrogen and oxygen atoms in total. The van der Waals surface area contributed by atoms with Crippen LogP contribution >= 0.6 is 11.3 Å². The van der Waals surface area contributed by atoms with Crippen LogP contribution in [-0.4, -0.2) is 20.7 Å². The Morgan fingerprint density at radius 3 is 2.93 bits per heavy atom. The fraction of sp³-hybridized carbons (Fsp3) is 0.381. The first-order valence-electron chi connectivity index (χ1n) is 9.56. The Bertz CT molecular complexity index is 935. The molecule has 0 aliphatic heterocycles. The highest BCUT2D eigenvalue weighted by Crippen LogP contribution is 2.30. The van der Waals surface area contributed by atoms with Crippen LogP contribution in [0.2, 0.25) is 0 Å². The number of carbonyl (C=O) groups excluding carboxylic acids is 1. The molecule has 2 aromatic heterocycles. The minimum Gasteiger partial charge on any atom is -0.343 e. The van der Waals surface area contributed by atoms with E-state index < -0.39 is 0 Å². The second-order valence-corrected chi connectivity index (χ2v) is 8.10. The lowest BCUT2D eigenvalue weighted by molar-refractivity contribution is 0.0940. The van der Waals surface area contributed by atoms with E-state index in [1.165, 1.54) is 23.4 Å². The highest BCUT2D eigenvalue weighted by Gasteiger charge is 2.20. The van der Waals surface area contributed by atoms with Crippen LogP contribution in [0.25, 0.3) is 11.1 Å². The Kier molecular flexibility index (Phi) is 5.07. The van der Waals surface area contributed by atoms with Crippen LogP contribution in [0.4, 0.5) is 0 Å². The molecule has 0 fully saturated rings. The van der Waals surface area contributed by atoms with Gasteiger partial charge in [0.25, 0.3) is 5.91 Å². The SMILES string of the molecule is CCn1cc(-c2cccc(C(=O)N[C@@H](C)c3nc4c(s3)CCCC4)c2)cn1. The number of fused-ring (bicyclic) bond motifs is 1. The number of thiazole rings is 1. The fourth-order valence-electron chi connectivity index (χ4n) is 3.42. The average Bonchev–Trinajstić information content (AvgIpc) is 3.35. The van der Waals surface area contributed by atoms with Crippen molar-refractivity contribution in [3.8, 4) is 11.1 Å². The third kappa shape index (κ3) is 3.81. The molecule has 0 unspecified atom stereocenters. The molecule has 140 valence electrons. The molecule has 1 aliphatic rings. The highest BCUT2D eigenvalue weighted by molar-refractivity contribution is 7.11. The van der Waals surface area contributed by atoms with Crippen molar-refractivity contribution in [1.29, 1.82) is 0 Å². The van der Waals surface area contributed by atoms with E-state index in [-0.39, 0.29) is 11.9 Å². The second kappa shape index (κ2) is 7.64. The Balaban J connectivity index is 1.49. The third-order valence-corrected chi connectivity index (χ3v) is 6.34. The predicted molar refractivity (Wildman–Crippen MR) is 108 cm³/mol. The number of hydrogen-bond acceptors (Lipinski definition) is 4. The van der Waals surface area contributed by atoms with Crippen LogP contribution < -0.4 is 5.32 Å². The quantitative estimate of drug-likeness (QED) is 0.714. The van der Waals surface area contributed by atoms with Gasteiger partial charge in [0.15, 0.2) is 0 Å². The maximum atomic E-state index is 12.8. The number of aryl methyl sites for hydroxylation is 3. The number of carbonyl (C=O) groups is 1. The van der Waals surface area contributed by atoms with Gasteiger partial charge < -0.3 is 5.32 Å². The molecule has 1 atom stereocenters. The first-order chi connectivity index (χ1) is 13.1. The minimum atomic E-state index is -0.0837. The lowest BCUT2D eigenvalue weighted by Crippen LogP contribution is -2.26. The van der Waals surface area contributed by atoms with Gasteiger partial charge in [-0.1, -0.05) is 12.1 Å². The topological polar surface area (TPSA) is 59.8 Å². The molecule has 4 rings (SSSR count). The van der Waals surface area contributed by atoms with Gasteiger partial charge in [0.05, 0.1) is 17.9 Å². The molecule has 1 N–H and O–H groups in total. The zero-order valence-corrected chi connectivity index (χ0v) is 16.6. The van der Waals surface area contributed by atoms with Gasteiger partial charge in [0.2, 0.25) is 0 Å². The maximum Gasteiger partial charge on any atom is 0.251 e. The number of benzene rings is 1. The summed E-state index contributed by atoms with van der Waals surface area (Å²) in [6.45, 7) is 4.89. The van der Waals surface area contributed by atoms with Crippen molar-refractivity contribution >= 4 is 17.2 Å². The normalized spacial score (nSPS) is 14.6. The van der Waals surface area contributed by atoms with E-state index in [1.807, 2.05) is 48.3 Å². The van der Waals surface area contributed by atoms with E-state index in [0.717, 1.165) is 35.5 Å². The Morgan fingerprint density at radius 2 is 2.15 bits per heavy atom. The summed E-state index contributed by atoms with van der Waals surface area (Å²) in [5.74, 6) is -0.0691. The van der Waals surface area contributed by atoms with E-state index in [0.29, 0.717) is 5.56 Å². The van der Waals surface area contributed by atoms with Gasteiger partial charge in [0, 0.05) is 28.7 Å². The lowest BCUT2D eigenvalue weighted by atomic mass is 10.0. The molecule has 0 saturated carbocycles. The van der Waals surface area contributed by atoms with Crippen LogP contribution in [0.1, 0.15) is 58.7 Å². The van der Waals surface area contributed by atoms with Gasteiger partial charge >= 0.3 is 0 Å². The molecule has 1 aliphatic carbocycles. The van der Waals surface area contributed by atoms with E-state index in [1.54, 1.807) is 11.3 Å². The lowest BCUT2D eigenvalue weighted by Gasteiger charge is -2.12. The highest BCUT2D eigenvalue weighted by atomic mass is 32.1. The van der Waals surface area contributed by atoms with E-state index in [9.17, 15) is 4.79 Å². The number of nitrogens with one attached hydrogen (secondary N) is 1. The average molecular weight is 381 g/mol. The molecule has 0 saturated heterocycles. The van der Waals surface area contributed by atoms with Crippen molar-refractivity contribution in [2.45, 2.75) is 52.1 Å². The van der Waals surface area contributed by atoms with Crippen molar-refractivity contribution in [3.05, 3.63) is 57.8 Å². The first-order valence-corrected chi connectivity index (χ1v) is 10.4. The number of hydrogen-bond donors (Lipinski definition) is 1. The maximum absolute atomic E-state index is 12.8. The van der Waals surface area contributed by atoms with Gasteiger partial charge in [-0.05, 0) is 57.2 Å². The van der Waals surface area contributed by atoms with E-state index in [4.69, 9.17) is 4.98 Å². The van der Waals surface area contributed by atoms with Crippen LogP contribution in [0.3, 0.4) is 0 Å². The monoisotopic (exact) mass is 380 g/mol. The van der Waals surface area contributed by atoms with Crippen LogP contribution in [-0.2, 0) is 19.4 Å². The molecule has 1 amide bonds. The van der Waals surface area contributed by atoms with Crippen molar-refractivity contribution in [1.82, 2.24) is 20.1 Å². The summed E-state index contributed by atoms with van der Waals surface area (Å²) in [5, 5.41) is 8.43. The molecule has 0 spiro atoms. The van der Waals surface area contributed by atoms with Crippen LogP contribution in [0.5, 0.6) is 0 Å². The Hall–Kier alpha value is -2.47. The molecule has 0 radical (unpaired) electrons. The summed E-state index contributed by atoms with van der Waals surface area (Å²) in [6.07, 6.45) is 8.50. The predicted octanol–water partition coefficient (Wildman–Crippen LogP) is 4.40. The molecule has 2 heterocycles. The summed E-state index contributed by atoms with van der Waals surface area (Å²) >= 11 is 1.75. The number of nitrogens with zero attached hydrogens (tertiary/aromatic N) is 3. The summed E-state index contributed by atoms with van der Waals surface area (Å²) in [6, 6.07) is 7.61. The molecular formula is C21H24N4OS. The minimum absolute atomic E-state index is 0.0691. The van der Waals surface area contributed by atoms with E-state index in [2.05, 4.69) is 17.3 Å². The van der Waals surface area contributed by atoms with Crippen LogP contribution in [0.15, 0.2) is 36.7 Å². The van der Waals surface area contributed by atoms with Crippen molar-refractivity contribution < 1.29 is 4.79 Å².